The van der Waals surface area contributed by atoms with Gasteiger partial charge in [-0.05, 0) is 24.6 Å². The number of amides is 1. The smallest absolute Gasteiger partial charge is 0.408 e. The van der Waals surface area contributed by atoms with Crippen LogP contribution in [0.1, 0.15) is 28.4 Å². The topological polar surface area (TPSA) is 98.5 Å². The molecule has 2 aromatic rings. The molecule has 0 radical (unpaired) electrons. The van der Waals surface area contributed by atoms with E-state index in [1.807, 2.05) is 30.3 Å². The molecule has 0 spiro atoms. The maximum Gasteiger partial charge on any atom is 0.408 e. The van der Waals surface area contributed by atoms with E-state index in [1.165, 1.54) is 25.1 Å². The van der Waals surface area contributed by atoms with Gasteiger partial charge in [0.1, 0.15) is 12.2 Å². The molecule has 0 bridgehead atoms. The maximum atomic E-state index is 11.6. The Balaban J connectivity index is 1.92. The number of nitrogens with zero attached hydrogens (tertiary/aromatic N) is 1. The third kappa shape index (κ3) is 5.46. The van der Waals surface area contributed by atoms with E-state index in [0.717, 1.165) is 5.56 Å². The van der Waals surface area contributed by atoms with Crippen LogP contribution in [0.25, 0.3) is 0 Å². The average molecular weight is 352 g/mol. The second-order valence-electron chi connectivity index (χ2n) is 5.26. The molecule has 0 aliphatic rings. The number of benzene rings is 2. The number of ketones is 1. The Hall–Kier alpha value is -3.66. The van der Waals surface area contributed by atoms with Crippen molar-refractivity contribution in [3.8, 4) is 11.8 Å². The predicted molar refractivity (Wildman–Crippen MR) is 94.6 cm³/mol. The van der Waals surface area contributed by atoms with Gasteiger partial charge in [-0.15, -0.1) is 0 Å². The van der Waals surface area contributed by atoms with Gasteiger partial charge < -0.3 is 10.1 Å². The largest absolute Gasteiger partial charge is 0.445 e. The molecule has 7 nitrogen and oxygen atoms in total. The summed E-state index contributed by atoms with van der Waals surface area (Å²) in [6.07, 6.45) is -0.635. The minimum absolute atomic E-state index is 0.0285. The normalized spacial score (nSPS) is 9.58. The van der Waals surface area contributed by atoms with Crippen molar-refractivity contribution in [2.75, 3.05) is 6.54 Å². The number of rotatable bonds is 5. The van der Waals surface area contributed by atoms with Crippen LogP contribution in [0.4, 0.5) is 10.5 Å². The van der Waals surface area contributed by atoms with Gasteiger partial charge in [0, 0.05) is 11.6 Å². The molecule has 0 saturated heterocycles. The fourth-order valence-electron chi connectivity index (χ4n) is 2.04. The number of carbonyl (C=O) groups excluding carboxylic acids is 2. The molecular formula is C19H16N2O5. The van der Waals surface area contributed by atoms with Gasteiger partial charge in [-0.1, -0.05) is 42.2 Å². The highest BCUT2D eigenvalue weighted by Gasteiger charge is 2.14. The van der Waals surface area contributed by atoms with Gasteiger partial charge in [0.05, 0.1) is 11.5 Å². The first-order valence-corrected chi connectivity index (χ1v) is 7.70. The SMILES string of the molecule is CC(=O)c1ccc(C#CCNC(=O)OCc2ccccc2)c([N+](=O)[O-])c1. The standard InChI is InChI=1S/C19H16N2O5/c1-14(22)17-10-9-16(18(12-17)21(24)25)8-5-11-20-19(23)26-13-15-6-3-2-4-7-15/h2-4,6-7,9-10,12H,11,13H2,1H3,(H,20,23). The molecule has 0 heterocycles. The minimum atomic E-state index is -0.635. The molecule has 2 rings (SSSR count). The van der Waals surface area contributed by atoms with Crippen LogP contribution in [0.5, 0.6) is 0 Å². The first kappa shape index (κ1) is 18.7. The van der Waals surface area contributed by atoms with Crippen LogP contribution in [0.2, 0.25) is 0 Å². The molecule has 2 aromatic carbocycles. The van der Waals surface area contributed by atoms with Crippen LogP contribution in [0, 0.1) is 22.0 Å². The zero-order valence-electron chi connectivity index (χ0n) is 14.0. The number of hydrogen-bond donors (Lipinski definition) is 1. The molecule has 1 amide bonds. The van der Waals surface area contributed by atoms with Crippen molar-refractivity contribution in [3.63, 3.8) is 0 Å². The molecular weight excluding hydrogens is 336 g/mol. The highest BCUT2D eigenvalue weighted by molar-refractivity contribution is 5.95. The van der Waals surface area contributed by atoms with Crippen LogP contribution in [0.15, 0.2) is 48.5 Å². The predicted octanol–water partition coefficient (Wildman–Crippen LogP) is 3.08. The van der Waals surface area contributed by atoms with E-state index in [1.54, 1.807) is 0 Å². The van der Waals surface area contributed by atoms with Crippen LogP contribution < -0.4 is 5.32 Å². The lowest BCUT2D eigenvalue weighted by Gasteiger charge is -2.04. The summed E-state index contributed by atoms with van der Waals surface area (Å²) in [5.41, 5.74) is 1.01. The first-order valence-electron chi connectivity index (χ1n) is 7.70. The van der Waals surface area contributed by atoms with Crippen molar-refractivity contribution >= 4 is 17.6 Å². The molecule has 0 aliphatic heterocycles. The summed E-state index contributed by atoms with van der Waals surface area (Å²) in [5.74, 6) is 4.97. The summed E-state index contributed by atoms with van der Waals surface area (Å²) in [7, 11) is 0. The number of carbonyl (C=O) groups is 2. The summed E-state index contributed by atoms with van der Waals surface area (Å²) in [5, 5.41) is 13.5. The third-order valence-corrected chi connectivity index (χ3v) is 3.36. The second kappa shape index (κ2) is 8.99. The van der Waals surface area contributed by atoms with E-state index in [-0.39, 0.29) is 35.7 Å². The van der Waals surface area contributed by atoms with E-state index in [9.17, 15) is 19.7 Å². The fourth-order valence-corrected chi connectivity index (χ4v) is 2.04. The number of alkyl carbamates (subject to hydrolysis) is 1. The van der Waals surface area contributed by atoms with Crippen molar-refractivity contribution < 1.29 is 19.2 Å². The lowest BCUT2D eigenvalue weighted by Crippen LogP contribution is -2.24. The molecule has 0 aromatic heterocycles. The number of hydrogen-bond acceptors (Lipinski definition) is 5. The maximum absolute atomic E-state index is 11.6. The quantitative estimate of drug-likeness (QED) is 0.386. The van der Waals surface area contributed by atoms with E-state index in [0.29, 0.717) is 0 Å². The second-order valence-corrected chi connectivity index (χ2v) is 5.26. The number of nitro groups is 1. The monoisotopic (exact) mass is 352 g/mol. The molecule has 0 unspecified atom stereocenters. The molecule has 0 saturated carbocycles. The Kier molecular flexibility index (Phi) is 6.46. The molecule has 0 fully saturated rings. The fraction of sp³-hybridized carbons (Fsp3) is 0.158. The van der Waals surface area contributed by atoms with Gasteiger partial charge in [-0.3, -0.25) is 14.9 Å². The summed E-state index contributed by atoms with van der Waals surface area (Å²) in [4.78, 5) is 33.4. The molecule has 0 aliphatic carbocycles. The Bertz CT molecular complexity index is 882. The minimum Gasteiger partial charge on any atom is -0.445 e. The lowest BCUT2D eigenvalue weighted by molar-refractivity contribution is -0.385. The van der Waals surface area contributed by atoms with E-state index in [4.69, 9.17) is 4.74 Å². The highest BCUT2D eigenvalue weighted by atomic mass is 16.6. The summed E-state index contributed by atoms with van der Waals surface area (Å²) < 4.78 is 5.02. The Labute approximate surface area is 150 Å². The van der Waals surface area contributed by atoms with Crippen molar-refractivity contribution in [2.45, 2.75) is 13.5 Å². The zero-order chi connectivity index (χ0) is 18.9. The van der Waals surface area contributed by atoms with Gasteiger partial charge in [0.15, 0.2) is 5.78 Å². The molecule has 26 heavy (non-hydrogen) atoms. The molecule has 7 heteroatoms. The van der Waals surface area contributed by atoms with Crippen molar-refractivity contribution in [3.05, 3.63) is 75.3 Å². The van der Waals surface area contributed by atoms with Crippen LogP contribution in [-0.4, -0.2) is 23.3 Å². The molecule has 132 valence electrons. The van der Waals surface area contributed by atoms with Gasteiger partial charge in [-0.2, -0.15) is 0 Å². The summed E-state index contributed by atoms with van der Waals surface area (Å²) in [6, 6.07) is 13.3. The number of nitrogens with one attached hydrogen (secondary N) is 1. The lowest BCUT2D eigenvalue weighted by atomic mass is 10.1. The van der Waals surface area contributed by atoms with Crippen molar-refractivity contribution in [2.24, 2.45) is 0 Å². The van der Waals surface area contributed by atoms with E-state index >= 15 is 0 Å². The van der Waals surface area contributed by atoms with E-state index < -0.39 is 11.0 Å². The third-order valence-electron chi connectivity index (χ3n) is 3.36. The number of Topliss-reactive ketones (excluding diaryl/α,β-unsaturated/α-hetero) is 1. The Morgan fingerprint density at radius 1 is 1.19 bits per heavy atom. The van der Waals surface area contributed by atoms with E-state index in [2.05, 4.69) is 17.2 Å². The van der Waals surface area contributed by atoms with Crippen LogP contribution >= 0.6 is 0 Å². The van der Waals surface area contributed by atoms with Gasteiger partial charge in [0.2, 0.25) is 0 Å². The van der Waals surface area contributed by atoms with Crippen LogP contribution in [-0.2, 0) is 11.3 Å². The van der Waals surface area contributed by atoms with Crippen molar-refractivity contribution in [1.82, 2.24) is 5.32 Å². The van der Waals surface area contributed by atoms with Gasteiger partial charge in [-0.25, -0.2) is 4.79 Å². The first-order chi connectivity index (χ1) is 12.5. The van der Waals surface area contributed by atoms with Crippen LogP contribution in [0.3, 0.4) is 0 Å². The molecule has 0 atom stereocenters. The Morgan fingerprint density at radius 3 is 2.58 bits per heavy atom. The average Bonchev–Trinajstić information content (AvgIpc) is 2.64. The number of nitro benzene ring substituents is 1. The van der Waals surface area contributed by atoms with Gasteiger partial charge >= 0.3 is 6.09 Å². The van der Waals surface area contributed by atoms with Gasteiger partial charge in [0.25, 0.3) is 5.69 Å². The highest BCUT2D eigenvalue weighted by Crippen LogP contribution is 2.19. The van der Waals surface area contributed by atoms with Crippen molar-refractivity contribution in [1.29, 1.82) is 0 Å². The summed E-state index contributed by atoms with van der Waals surface area (Å²) in [6.45, 7) is 1.44. The Morgan fingerprint density at radius 2 is 1.92 bits per heavy atom. The zero-order valence-corrected chi connectivity index (χ0v) is 14.0. The number of ether oxygens (including phenoxy) is 1. The summed E-state index contributed by atoms with van der Waals surface area (Å²) >= 11 is 0. The molecule has 1 N–H and O–H groups in total.